The summed E-state index contributed by atoms with van der Waals surface area (Å²) in [5.74, 6) is -0.0980. The Hall–Kier alpha value is -3.36. The number of benzene rings is 3. The van der Waals surface area contributed by atoms with Crippen molar-refractivity contribution in [1.29, 1.82) is 0 Å². The molecule has 1 aliphatic heterocycles. The summed E-state index contributed by atoms with van der Waals surface area (Å²) in [6.45, 7) is 3.23. The van der Waals surface area contributed by atoms with Crippen LogP contribution in [0.2, 0.25) is 5.02 Å². The maximum absolute atomic E-state index is 13.5. The number of anilines is 1. The average Bonchev–Trinajstić information content (AvgIpc) is 2.95. The molecule has 210 valence electrons. The minimum Gasteiger partial charge on any atom is -0.494 e. The molecular weight excluding hydrogens is 549 g/mol. The van der Waals surface area contributed by atoms with E-state index in [1.54, 1.807) is 29.2 Å². The average molecular weight is 582 g/mol. The van der Waals surface area contributed by atoms with E-state index in [2.05, 4.69) is 17.2 Å². The third-order valence-electron chi connectivity index (χ3n) is 6.41. The first-order valence-corrected chi connectivity index (χ1v) is 14.8. The van der Waals surface area contributed by atoms with Gasteiger partial charge in [0.1, 0.15) is 16.8 Å². The number of nitrogens with one attached hydrogen (secondary N) is 1. The predicted molar refractivity (Wildman–Crippen MR) is 161 cm³/mol. The van der Waals surface area contributed by atoms with Crippen LogP contribution in [0.4, 0.5) is 15.8 Å². The first-order valence-electron chi connectivity index (χ1n) is 13.5. The van der Waals surface area contributed by atoms with Crippen LogP contribution < -0.4 is 10.1 Å². The van der Waals surface area contributed by atoms with Gasteiger partial charge in [0.15, 0.2) is 5.17 Å². The molecule has 40 heavy (non-hydrogen) atoms. The van der Waals surface area contributed by atoms with Gasteiger partial charge in [-0.25, -0.2) is 9.38 Å². The molecule has 9 heteroatoms. The number of hydrogen-bond acceptors (Lipinski definition) is 5. The highest BCUT2D eigenvalue weighted by Gasteiger charge is 2.35. The molecule has 0 spiro atoms. The van der Waals surface area contributed by atoms with Gasteiger partial charge in [0, 0.05) is 23.7 Å². The summed E-state index contributed by atoms with van der Waals surface area (Å²) < 4.78 is 19.2. The Balaban J connectivity index is 1.42. The lowest BCUT2D eigenvalue weighted by molar-refractivity contribution is -0.129. The molecule has 1 aliphatic rings. The molecule has 0 radical (unpaired) electrons. The fraction of sp³-hybridized carbons (Fsp3) is 0.323. The third kappa shape index (κ3) is 8.83. The van der Waals surface area contributed by atoms with E-state index >= 15 is 0 Å². The molecule has 0 aromatic heterocycles. The lowest BCUT2D eigenvalue weighted by Crippen LogP contribution is -2.46. The van der Waals surface area contributed by atoms with Gasteiger partial charge in [-0.1, -0.05) is 61.7 Å². The fourth-order valence-electron chi connectivity index (χ4n) is 4.16. The Labute approximate surface area is 244 Å². The minimum atomic E-state index is -0.659. The van der Waals surface area contributed by atoms with Gasteiger partial charge in [0.05, 0.1) is 12.3 Å². The van der Waals surface area contributed by atoms with E-state index in [-0.39, 0.29) is 24.1 Å². The first-order chi connectivity index (χ1) is 19.4. The number of unbranched alkanes of at least 4 members (excludes halogenated alkanes) is 3. The van der Waals surface area contributed by atoms with Gasteiger partial charge in [-0.15, -0.1) is 0 Å². The smallest absolute Gasteiger partial charge is 0.238 e. The van der Waals surface area contributed by atoms with Crippen LogP contribution in [-0.4, -0.2) is 40.3 Å². The number of amidine groups is 1. The Morgan fingerprint density at radius 1 is 1.05 bits per heavy atom. The van der Waals surface area contributed by atoms with Gasteiger partial charge in [-0.2, -0.15) is 0 Å². The van der Waals surface area contributed by atoms with Crippen LogP contribution >= 0.6 is 23.4 Å². The Bertz CT molecular complexity index is 1300. The Morgan fingerprint density at radius 2 is 1.77 bits per heavy atom. The van der Waals surface area contributed by atoms with Crippen LogP contribution in [0.25, 0.3) is 0 Å². The second-order valence-electron chi connectivity index (χ2n) is 9.53. The number of rotatable bonds is 12. The zero-order valence-corrected chi connectivity index (χ0v) is 24.0. The van der Waals surface area contributed by atoms with Crippen molar-refractivity contribution < 1.29 is 18.7 Å². The SMILES string of the molecule is CCCCCCOc1ccc(NC(=O)C2CC(=O)N(CCc3ccc(Cl)cc3)C(=Nc3ccc(F)cc3)S2)cc1. The lowest BCUT2D eigenvalue weighted by atomic mass is 10.1. The molecule has 1 heterocycles. The number of ether oxygens (including phenoxy) is 1. The molecule has 3 aromatic carbocycles. The largest absolute Gasteiger partial charge is 0.494 e. The summed E-state index contributed by atoms with van der Waals surface area (Å²) in [6, 6.07) is 20.4. The number of amides is 2. The first kappa shape index (κ1) is 29.6. The minimum absolute atomic E-state index is 0.0402. The lowest BCUT2D eigenvalue weighted by Gasteiger charge is -2.32. The van der Waals surface area contributed by atoms with Crippen molar-refractivity contribution in [2.75, 3.05) is 18.5 Å². The van der Waals surface area contributed by atoms with E-state index in [9.17, 15) is 14.0 Å². The van der Waals surface area contributed by atoms with Crippen LogP contribution in [0.5, 0.6) is 5.75 Å². The monoisotopic (exact) mass is 581 g/mol. The molecule has 0 saturated carbocycles. The van der Waals surface area contributed by atoms with Gasteiger partial charge in [0.25, 0.3) is 0 Å². The zero-order chi connectivity index (χ0) is 28.3. The van der Waals surface area contributed by atoms with E-state index in [0.29, 0.717) is 41.1 Å². The summed E-state index contributed by atoms with van der Waals surface area (Å²) in [7, 11) is 0. The standard InChI is InChI=1S/C31H33ClFN3O3S/c1-2-3-4-5-20-39-27-16-14-25(15-17-27)34-30(38)28-21-29(37)36(19-18-22-6-8-23(32)9-7-22)31(40-28)35-26-12-10-24(33)11-13-26/h6-17,28H,2-5,18-21H2,1H3,(H,34,38). The molecule has 1 atom stereocenters. The zero-order valence-electron chi connectivity index (χ0n) is 22.4. The van der Waals surface area contributed by atoms with E-state index in [0.717, 1.165) is 24.2 Å². The highest BCUT2D eigenvalue weighted by molar-refractivity contribution is 8.15. The molecule has 4 rings (SSSR count). The van der Waals surface area contributed by atoms with Crippen molar-refractivity contribution in [1.82, 2.24) is 4.90 Å². The number of carbonyl (C=O) groups is 2. The van der Waals surface area contributed by atoms with Gasteiger partial charge >= 0.3 is 0 Å². The van der Waals surface area contributed by atoms with Crippen molar-refractivity contribution in [2.24, 2.45) is 4.99 Å². The van der Waals surface area contributed by atoms with Crippen LogP contribution in [0.1, 0.15) is 44.6 Å². The number of halogens is 2. The van der Waals surface area contributed by atoms with Crippen LogP contribution in [0.15, 0.2) is 77.8 Å². The quantitative estimate of drug-likeness (QED) is 0.223. The number of nitrogens with zero attached hydrogens (tertiary/aromatic N) is 2. The molecule has 0 bridgehead atoms. The summed E-state index contributed by atoms with van der Waals surface area (Å²) in [5, 5.41) is 3.30. The molecule has 1 fully saturated rings. The molecule has 2 amide bonds. The Morgan fingerprint density at radius 3 is 2.48 bits per heavy atom. The molecule has 0 aliphatic carbocycles. The van der Waals surface area contributed by atoms with Crippen molar-refractivity contribution in [2.45, 2.75) is 50.7 Å². The molecule has 1 unspecified atom stereocenters. The number of thioether (sulfide) groups is 1. The van der Waals surface area contributed by atoms with Gasteiger partial charge < -0.3 is 10.1 Å². The summed E-state index contributed by atoms with van der Waals surface area (Å²) in [5.41, 5.74) is 2.15. The second kappa shape index (κ2) is 14.9. The van der Waals surface area contributed by atoms with Crippen LogP contribution in [-0.2, 0) is 16.0 Å². The van der Waals surface area contributed by atoms with E-state index in [1.165, 1.54) is 36.7 Å². The molecule has 3 aromatic rings. The van der Waals surface area contributed by atoms with E-state index < -0.39 is 5.25 Å². The van der Waals surface area contributed by atoms with Crippen molar-refractivity contribution in [3.05, 3.63) is 89.2 Å². The Kier molecular flexibility index (Phi) is 11.0. The van der Waals surface area contributed by atoms with Crippen LogP contribution in [0, 0.1) is 5.82 Å². The molecule has 1 N–H and O–H groups in total. The number of aliphatic imine (C=N–C) groups is 1. The maximum atomic E-state index is 13.5. The van der Waals surface area contributed by atoms with Gasteiger partial charge in [0.2, 0.25) is 11.8 Å². The second-order valence-corrected chi connectivity index (χ2v) is 11.1. The van der Waals surface area contributed by atoms with Crippen LogP contribution in [0.3, 0.4) is 0 Å². The fourth-order valence-corrected chi connectivity index (χ4v) is 5.41. The summed E-state index contributed by atoms with van der Waals surface area (Å²) in [4.78, 5) is 32.6. The van der Waals surface area contributed by atoms with Crippen molar-refractivity contribution in [3.63, 3.8) is 0 Å². The van der Waals surface area contributed by atoms with E-state index in [1.807, 2.05) is 36.4 Å². The third-order valence-corrected chi connectivity index (χ3v) is 7.85. The van der Waals surface area contributed by atoms with E-state index in [4.69, 9.17) is 16.3 Å². The highest BCUT2D eigenvalue weighted by Crippen LogP contribution is 2.30. The molecular formula is C31H33ClFN3O3S. The number of hydrogen-bond donors (Lipinski definition) is 1. The summed E-state index contributed by atoms with van der Waals surface area (Å²) >= 11 is 7.23. The maximum Gasteiger partial charge on any atom is 0.238 e. The number of carbonyl (C=O) groups excluding carboxylic acids is 2. The van der Waals surface area contributed by atoms with Gasteiger partial charge in [-0.3, -0.25) is 14.5 Å². The predicted octanol–water partition coefficient (Wildman–Crippen LogP) is 7.64. The van der Waals surface area contributed by atoms with Crippen molar-refractivity contribution >= 4 is 51.7 Å². The molecule has 1 saturated heterocycles. The molecule has 6 nitrogen and oxygen atoms in total. The normalized spacial score (nSPS) is 16.3. The van der Waals surface area contributed by atoms with Gasteiger partial charge in [-0.05, 0) is 79.1 Å². The topological polar surface area (TPSA) is 71.0 Å². The van der Waals surface area contributed by atoms with Crippen molar-refractivity contribution in [3.8, 4) is 5.75 Å². The summed E-state index contributed by atoms with van der Waals surface area (Å²) in [6.07, 6.45) is 5.17. The highest BCUT2D eigenvalue weighted by atomic mass is 35.5.